The third-order valence-electron chi connectivity index (χ3n) is 5.65. The molecule has 0 saturated carbocycles. The Morgan fingerprint density at radius 1 is 0.895 bits per heavy atom. The first-order valence-electron chi connectivity index (χ1n) is 11.2. The van der Waals surface area contributed by atoms with Crippen LogP contribution in [0.5, 0.6) is 0 Å². The molecule has 0 fully saturated rings. The van der Waals surface area contributed by atoms with Crippen LogP contribution in [0.3, 0.4) is 0 Å². The highest BCUT2D eigenvalue weighted by molar-refractivity contribution is 6.00. The van der Waals surface area contributed by atoms with Gasteiger partial charge in [0.05, 0.1) is 11.9 Å². The van der Waals surface area contributed by atoms with E-state index in [1.165, 1.54) is 47.8 Å². The van der Waals surface area contributed by atoms with Crippen molar-refractivity contribution in [2.75, 3.05) is 16.0 Å². The van der Waals surface area contributed by atoms with Gasteiger partial charge in [0.2, 0.25) is 5.91 Å². The smallest absolute Gasteiger partial charge is 0.326 e. The standard InChI is InChI=1S/C24H22F3N7O4/c1-32-20-19(21(36)33(2)23(32)38)34(13-28-20)10-9-18(35)29-16-7-4-8-17(12-16)31-22(37)30-15-6-3-5-14(11-15)24(25,26)27/h3-8,11-13H,9-10H2,1-2H3,(H,29,35)(H2,30,31,37). The van der Waals surface area contributed by atoms with Crippen molar-refractivity contribution in [3.05, 3.63) is 81.3 Å². The van der Waals surface area contributed by atoms with Crippen LogP contribution < -0.4 is 27.2 Å². The monoisotopic (exact) mass is 529 g/mol. The maximum absolute atomic E-state index is 12.9. The molecule has 0 saturated heterocycles. The molecule has 0 radical (unpaired) electrons. The number of carbonyl (C=O) groups excluding carboxylic acids is 2. The van der Waals surface area contributed by atoms with Crippen molar-refractivity contribution in [1.29, 1.82) is 0 Å². The van der Waals surface area contributed by atoms with Crippen LogP contribution in [0.4, 0.5) is 35.0 Å². The number of rotatable bonds is 6. The second kappa shape index (κ2) is 10.2. The number of amides is 3. The van der Waals surface area contributed by atoms with Gasteiger partial charge in [-0.15, -0.1) is 0 Å². The first-order chi connectivity index (χ1) is 17.9. The summed E-state index contributed by atoms with van der Waals surface area (Å²) in [6.07, 6.45) is -3.18. The highest BCUT2D eigenvalue weighted by Crippen LogP contribution is 2.30. The largest absolute Gasteiger partial charge is 0.416 e. The second-order valence-corrected chi connectivity index (χ2v) is 8.35. The number of carbonyl (C=O) groups is 2. The molecule has 2 heterocycles. The minimum Gasteiger partial charge on any atom is -0.326 e. The van der Waals surface area contributed by atoms with Gasteiger partial charge in [-0.1, -0.05) is 12.1 Å². The molecule has 0 spiro atoms. The predicted octanol–water partition coefficient (Wildman–Crippen LogP) is 3.13. The molecule has 38 heavy (non-hydrogen) atoms. The van der Waals surface area contributed by atoms with E-state index in [9.17, 15) is 32.3 Å². The Morgan fingerprint density at radius 2 is 1.50 bits per heavy atom. The van der Waals surface area contributed by atoms with Gasteiger partial charge < -0.3 is 20.5 Å². The zero-order chi connectivity index (χ0) is 27.6. The van der Waals surface area contributed by atoms with Crippen molar-refractivity contribution in [2.24, 2.45) is 14.1 Å². The van der Waals surface area contributed by atoms with Crippen molar-refractivity contribution < 1.29 is 22.8 Å². The number of anilines is 3. The van der Waals surface area contributed by atoms with Gasteiger partial charge >= 0.3 is 17.9 Å². The molecular formula is C24H22F3N7O4. The number of hydrogen-bond acceptors (Lipinski definition) is 5. The van der Waals surface area contributed by atoms with Gasteiger partial charge in [0.1, 0.15) is 0 Å². The maximum atomic E-state index is 12.9. The van der Waals surface area contributed by atoms with E-state index >= 15 is 0 Å². The van der Waals surface area contributed by atoms with E-state index in [0.717, 1.165) is 16.7 Å². The van der Waals surface area contributed by atoms with Crippen LogP contribution in [0.15, 0.2) is 64.4 Å². The number of nitrogens with zero attached hydrogens (tertiary/aromatic N) is 4. The highest BCUT2D eigenvalue weighted by atomic mass is 19.4. The molecule has 0 unspecified atom stereocenters. The highest BCUT2D eigenvalue weighted by Gasteiger charge is 2.30. The Bertz CT molecular complexity index is 1650. The first-order valence-corrected chi connectivity index (χ1v) is 11.2. The van der Waals surface area contributed by atoms with Gasteiger partial charge in [0.25, 0.3) is 5.56 Å². The zero-order valence-corrected chi connectivity index (χ0v) is 20.2. The fourth-order valence-electron chi connectivity index (χ4n) is 3.75. The van der Waals surface area contributed by atoms with E-state index < -0.39 is 29.0 Å². The third kappa shape index (κ3) is 5.58. The molecule has 4 rings (SSSR count). The summed E-state index contributed by atoms with van der Waals surface area (Å²) >= 11 is 0. The minimum atomic E-state index is -4.54. The third-order valence-corrected chi connectivity index (χ3v) is 5.65. The number of hydrogen-bond donors (Lipinski definition) is 3. The van der Waals surface area contributed by atoms with Crippen molar-refractivity contribution >= 4 is 40.2 Å². The van der Waals surface area contributed by atoms with Gasteiger partial charge in [-0.3, -0.25) is 18.7 Å². The lowest BCUT2D eigenvalue weighted by atomic mass is 10.2. The van der Waals surface area contributed by atoms with Gasteiger partial charge in [-0.25, -0.2) is 14.6 Å². The molecule has 3 N–H and O–H groups in total. The number of urea groups is 1. The van der Waals surface area contributed by atoms with Crippen molar-refractivity contribution in [1.82, 2.24) is 18.7 Å². The van der Waals surface area contributed by atoms with Crippen LogP contribution in [0, 0.1) is 0 Å². The SMILES string of the molecule is Cn1c(=O)c2c(ncn2CCC(=O)Nc2cccc(NC(=O)Nc3cccc(C(F)(F)F)c3)c2)n(C)c1=O. The summed E-state index contributed by atoms with van der Waals surface area (Å²) in [6, 6.07) is 9.62. The summed E-state index contributed by atoms with van der Waals surface area (Å²) in [5.74, 6) is -0.390. The van der Waals surface area contributed by atoms with Crippen molar-refractivity contribution in [2.45, 2.75) is 19.1 Å². The lowest BCUT2D eigenvalue weighted by Crippen LogP contribution is -2.37. The summed E-state index contributed by atoms with van der Waals surface area (Å²) in [4.78, 5) is 53.5. The Morgan fingerprint density at radius 3 is 2.16 bits per heavy atom. The number of nitrogens with one attached hydrogen (secondary N) is 3. The summed E-state index contributed by atoms with van der Waals surface area (Å²) < 4.78 is 42.3. The Kier molecular flexibility index (Phi) is 7.06. The Labute approximate surface area is 212 Å². The first kappa shape index (κ1) is 26.2. The molecule has 2 aromatic carbocycles. The molecule has 4 aromatic rings. The Balaban J connectivity index is 1.38. The maximum Gasteiger partial charge on any atom is 0.416 e. The van der Waals surface area contributed by atoms with Crippen LogP contribution in [-0.2, 0) is 31.6 Å². The summed E-state index contributed by atoms with van der Waals surface area (Å²) in [6.45, 7) is 0.118. The number of benzene rings is 2. The second-order valence-electron chi connectivity index (χ2n) is 8.35. The number of alkyl halides is 3. The van der Waals surface area contributed by atoms with Gasteiger partial charge in [0, 0.05) is 44.1 Å². The summed E-state index contributed by atoms with van der Waals surface area (Å²) in [5, 5.41) is 7.51. The Hall–Kier alpha value is -4.88. The summed E-state index contributed by atoms with van der Waals surface area (Å²) in [7, 11) is 2.85. The molecular weight excluding hydrogens is 507 g/mol. The molecule has 0 aliphatic carbocycles. The normalized spacial score (nSPS) is 11.4. The lowest BCUT2D eigenvalue weighted by molar-refractivity contribution is -0.137. The van der Waals surface area contributed by atoms with E-state index in [1.807, 2.05) is 0 Å². The van der Waals surface area contributed by atoms with Crippen LogP contribution in [-0.4, -0.2) is 30.6 Å². The predicted molar refractivity (Wildman–Crippen MR) is 134 cm³/mol. The fraction of sp³-hybridized carbons (Fsp3) is 0.208. The molecule has 198 valence electrons. The molecule has 11 nitrogen and oxygen atoms in total. The quantitative estimate of drug-likeness (QED) is 0.353. The molecule has 0 atom stereocenters. The molecule has 0 bridgehead atoms. The van der Waals surface area contributed by atoms with Crippen LogP contribution in [0.25, 0.3) is 11.2 Å². The van der Waals surface area contributed by atoms with Gasteiger partial charge in [-0.05, 0) is 36.4 Å². The van der Waals surface area contributed by atoms with E-state index in [2.05, 4.69) is 20.9 Å². The fourth-order valence-corrected chi connectivity index (χ4v) is 3.75. The van der Waals surface area contributed by atoms with E-state index in [1.54, 1.807) is 18.2 Å². The molecule has 0 aliphatic heterocycles. The van der Waals surface area contributed by atoms with Crippen LogP contribution in [0.2, 0.25) is 0 Å². The molecule has 3 amide bonds. The van der Waals surface area contributed by atoms with E-state index in [-0.39, 0.29) is 41.4 Å². The lowest BCUT2D eigenvalue weighted by Gasteiger charge is -2.12. The van der Waals surface area contributed by atoms with Crippen LogP contribution >= 0.6 is 0 Å². The number of fused-ring (bicyclic) bond motifs is 1. The average molecular weight is 529 g/mol. The summed E-state index contributed by atoms with van der Waals surface area (Å²) in [5.41, 5.74) is -0.915. The topological polar surface area (TPSA) is 132 Å². The zero-order valence-electron chi connectivity index (χ0n) is 20.2. The number of aromatic nitrogens is 4. The minimum absolute atomic E-state index is 0.0227. The van der Waals surface area contributed by atoms with Gasteiger partial charge in [-0.2, -0.15) is 13.2 Å². The van der Waals surface area contributed by atoms with Crippen molar-refractivity contribution in [3.8, 4) is 0 Å². The molecule has 14 heteroatoms. The van der Waals surface area contributed by atoms with E-state index in [4.69, 9.17) is 0 Å². The number of imidazole rings is 1. The van der Waals surface area contributed by atoms with Gasteiger partial charge in [0.15, 0.2) is 11.2 Å². The number of halogens is 3. The van der Waals surface area contributed by atoms with E-state index in [0.29, 0.717) is 5.69 Å². The van der Waals surface area contributed by atoms with Crippen LogP contribution in [0.1, 0.15) is 12.0 Å². The van der Waals surface area contributed by atoms with Crippen molar-refractivity contribution in [3.63, 3.8) is 0 Å². The molecule has 2 aromatic heterocycles. The molecule has 0 aliphatic rings. The average Bonchev–Trinajstić information content (AvgIpc) is 3.29. The number of aryl methyl sites for hydroxylation is 2.